The van der Waals surface area contributed by atoms with E-state index in [0.29, 0.717) is 0 Å². The predicted octanol–water partition coefficient (Wildman–Crippen LogP) is 3.63. The van der Waals surface area contributed by atoms with E-state index in [1.54, 1.807) is 18.3 Å². The van der Waals surface area contributed by atoms with Gasteiger partial charge in [-0.15, -0.1) is 0 Å². The first kappa shape index (κ1) is 12.7. The molecule has 0 saturated heterocycles. The van der Waals surface area contributed by atoms with Gasteiger partial charge in [-0.25, -0.2) is 4.39 Å². The highest BCUT2D eigenvalue weighted by molar-refractivity contribution is 5.21. The minimum absolute atomic E-state index is 0.0934. The quantitative estimate of drug-likeness (QED) is 0.888. The van der Waals surface area contributed by atoms with Gasteiger partial charge in [0.25, 0.3) is 0 Å². The van der Waals surface area contributed by atoms with Gasteiger partial charge in [0.05, 0.1) is 0 Å². The Balaban J connectivity index is 2.05. The number of pyridine rings is 1. The van der Waals surface area contributed by atoms with Crippen LogP contribution in [0.2, 0.25) is 0 Å². The van der Waals surface area contributed by atoms with Crippen molar-refractivity contribution in [1.82, 2.24) is 10.3 Å². The summed E-state index contributed by atoms with van der Waals surface area (Å²) in [7, 11) is 0. The van der Waals surface area contributed by atoms with Crippen molar-refractivity contribution in [3.63, 3.8) is 0 Å². The zero-order valence-electron chi connectivity index (χ0n) is 10.6. The van der Waals surface area contributed by atoms with Crippen molar-refractivity contribution in [3.8, 4) is 0 Å². The number of rotatable bonds is 4. The van der Waals surface area contributed by atoms with E-state index >= 15 is 0 Å². The van der Waals surface area contributed by atoms with Crippen LogP contribution in [0.15, 0.2) is 48.8 Å². The second-order valence-corrected chi connectivity index (χ2v) is 4.45. The summed E-state index contributed by atoms with van der Waals surface area (Å²) in [6.07, 6.45) is 3.60. The van der Waals surface area contributed by atoms with Crippen LogP contribution >= 0.6 is 0 Å². The number of hydrogen-bond acceptors (Lipinski definition) is 2. The molecule has 94 valence electrons. The Morgan fingerprint density at radius 3 is 2.44 bits per heavy atom. The van der Waals surface area contributed by atoms with Crippen molar-refractivity contribution in [1.29, 1.82) is 0 Å². The molecule has 1 unspecified atom stereocenters. The topological polar surface area (TPSA) is 24.9 Å². The number of nitrogens with one attached hydrogen (secondary N) is 1. The highest BCUT2D eigenvalue weighted by atomic mass is 19.1. The largest absolute Gasteiger partial charge is 0.304 e. The van der Waals surface area contributed by atoms with Crippen molar-refractivity contribution in [2.24, 2.45) is 0 Å². The molecule has 2 aromatic rings. The van der Waals surface area contributed by atoms with E-state index in [1.165, 1.54) is 6.07 Å². The highest BCUT2D eigenvalue weighted by Gasteiger charge is 2.11. The molecule has 0 aliphatic carbocycles. The van der Waals surface area contributed by atoms with Gasteiger partial charge in [-0.2, -0.15) is 0 Å². The maximum Gasteiger partial charge on any atom is 0.123 e. The normalized spacial score (nSPS) is 14.2. The maximum absolute atomic E-state index is 13.2. The third kappa shape index (κ3) is 3.14. The van der Waals surface area contributed by atoms with E-state index in [4.69, 9.17) is 0 Å². The van der Waals surface area contributed by atoms with Crippen LogP contribution in [-0.4, -0.2) is 4.98 Å². The van der Waals surface area contributed by atoms with Gasteiger partial charge < -0.3 is 5.32 Å². The summed E-state index contributed by atoms with van der Waals surface area (Å²) in [6.45, 7) is 4.11. The number of nitrogens with zero attached hydrogens (tertiary/aromatic N) is 1. The maximum atomic E-state index is 13.2. The molecule has 0 fully saturated rings. The summed E-state index contributed by atoms with van der Waals surface area (Å²) in [5, 5.41) is 3.43. The molecule has 0 spiro atoms. The zero-order valence-corrected chi connectivity index (χ0v) is 10.6. The second-order valence-electron chi connectivity index (χ2n) is 4.45. The van der Waals surface area contributed by atoms with Gasteiger partial charge in [-0.05, 0) is 43.2 Å². The van der Waals surface area contributed by atoms with E-state index in [1.807, 2.05) is 31.3 Å². The lowest BCUT2D eigenvalue weighted by molar-refractivity contribution is 0.491. The monoisotopic (exact) mass is 244 g/mol. The minimum atomic E-state index is -0.199. The molecule has 2 nitrogen and oxygen atoms in total. The molecule has 2 rings (SSSR count). The summed E-state index contributed by atoms with van der Waals surface area (Å²) in [4.78, 5) is 4.10. The number of aromatic nitrogens is 1. The van der Waals surface area contributed by atoms with Gasteiger partial charge in [0.1, 0.15) is 5.82 Å². The third-order valence-corrected chi connectivity index (χ3v) is 3.03. The van der Waals surface area contributed by atoms with Crippen LogP contribution < -0.4 is 5.32 Å². The summed E-state index contributed by atoms with van der Waals surface area (Å²) < 4.78 is 13.2. The Bertz CT molecular complexity index is 499. The van der Waals surface area contributed by atoms with E-state index in [9.17, 15) is 4.39 Å². The van der Waals surface area contributed by atoms with E-state index in [2.05, 4.69) is 17.2 Å². The molecule has 1 aromatic heterocycles. The smallest absolute Gasteiger partial charge is 0.123 e. The summed E-state index contributed by atoms with van der Waals surface area (Å²) in [5.74, 6) is -0.199. The predicted molar refractivity (Wildman–Crippen MR) is 70.6 cm³/mol. The van der Waals surface area contributed by atoms with Crippen molar-refractivity contribution >= 4 is 0 Å². The fraction of sp³-hybridized carbons (Fsp3) is 0.267. The van der Waals surface area contributed by atoms with E-state index in [-0.39, 0.29) is 17.9 Å². The molecule has 0 radical (unpaired) electrons. The van der Waals surface area contributed by atoms with Gasteiger partial charge in [-0.1, -0.05) is 18.2 Å². The fourth-order valence-corrected chi connectivity index (χ4v) is 1.98. The molecule has 18 heavy (non-hydrogen) atoms. The molecule has 0 aliphatic rings. The zero-order chi connectivity index (χ0) is 13.0. The lowest BCUT2D eigenvalue weighted by Gasteiger charge is -2.20. The molecule has 0 bridgehead atoms. The number of benzene rings is 1. The standard InChI is InChI=1S/C15H17FN2/c1-11(13-5-3-7-15(16)9-13)18-12(2)14-6-4-8-17-10-14/h3-12,18H,1-2H3/t11-,12?/m1/s1. The van der Waals surface area contributed by atoms with Crippen LogP contribution in [0.3, 0.4) is 0 Å². The van der Waals surface area contributed by atoms with Gasteiger partial charge in [-0.3, -0.25) is 4.98 Å². The summed E-state index contributed by atoms with van der Waals surface area (Å²) >= 11 is 0. The second kappa shape index (κ2) is 5.74. The van der Waals surface area contributed by atoms with Gasteiger partial charge in [0.2, 0.25) is 0 Å². The molecular weight excluding hydrogens is 227 g/mol. The first-order chi connectivity index (χ1) is 8.66. The average Bonchev–Trinajstić information content (AvgIpc) is 2.39. The van der Waals surface area contributed by atoms with Crippen molar-refractivity contribution < 1.29 is 4.39 Å². The minimum Gasteiger partial charge on any atom is -0.304 e. The van der Waals surface area contributed by atoms with E-state index < -0.39 is 0 Å². The third-order valence-electron chi connectivity index (χ3n) is 3.03. The lowest BCUT2D eigenvalue weighted by atomic mass is 10.1. The van der Waals surface area contributed by atoms with Gasteiger partial charge in [0.15, 0.2) is 0 Å². The average molecular weight is 244 g/mol. The lowest BCUT2D eigenvalue weighted by Crippen LogP contribution is -2.22. The molecule has 1 heterocycles. The van der Waals surface area contributed by atoms with Crippen LogP contribution in [-0.2, 0) is 0 Å². The summed E-state index contributed by atoms with van der Waals surface area (Å²) in [5.41, 5.74) is 2.08. The first-order valence-electron chi connectivity index (χ1n) is 6.08. The Morgan fingerprint density at radius 2 is 1.78 bits per heavy atom. The van der Waals surface area contributed by atoms with Crippen molar-refractivity contribution in [2.75, 3.05) is 0 Å². The van der Waals surface area contributed by atoms with Crippen molar-refractivity contribution in [2.45, 2.75) is 25.9 Å². The molecule has 3 heteroatoms. The SMILES string of the molecule is CC(N[C@H](C)c1cccc(F)c1)c1cccnc1. The van der Waals surface area contributed by atoms with Gasteiger partial charge in [0, 0.05) is 24.5 Å². The van der Waals surface area contributed by atoms with Crippen LogP contribution in [0.4, 0.5) is 4.39 Å². The molecule has 0 saturated carbocycles. The molecule has 0 aliphatic heterocycles. The molecule has 0 amide bonds. The number of hydrogen-bond donors (Lipinski definition) is 1. The van der Waals surface area contributed by atoms with E-state index in [0.717, 1.165) is 11.1 Å². The Hall–Kier alpha value is -1.74. The van der Waals surface area contributed by atoms with Crippen LogP contribution in [0.1, 0.15) is 37.1 Å². The summed E-state index contributed by atoms with van der Waals surface area (Å²) in [6, 6.07) is 10.9. The van der Waals surface area contributed by atoms with Crippen molar-refractivity contribution in [3.05, 3.63) is 65.7 Å². The molecule has 1 N–H and O–H groups in total. The Labute approximate surface area is 107 Å². The van der Waals surface area contributed by atoms with Gasteiger partial charge >= 0.3 is 0 Å². The number of halogens is 1. The highest BCUT2D eigenvalue weighted by Crippen LogP contribution is 2.19. The molecule has 1 aromatic carbocycles. The van der Waals surface area contributed by atoms with Crippen LogP contribution in [0.25, 0.3) is 0 Å². The van der Waals surface area contributed by atoms with Crippen LogP contribution in [0, 0.1) is 5.82 Å². The van der Waals surface area contributed by atoms with Crippen LogP contribution in [0.5, 0.6) is 0 Å². The fourth-order valence-electron chi connectivity index (χ4n) is 1.98. The molecule has 2 atom stereocenters. The first-order valence-corrected chi connectivity index (χ1v) is 6.08. The Morgan fingerprint density at radius 1 is 1.06 bits per heavy atom. The Kier molecular flexibility index (Phi) is 4.05. The molecular formula is C15H17FN2.